The van der Waals surface area contributed by atoms with Gasteiger partial charge in [-0.1, -0.05) is 41.5 Å². The Morgan fingerprint density at radius 3 is 2.25 bits per heavy atom. The molecule has 0 spiro atoms. The molecule has 40 heavy (non-hydrogen) atoms. The monoisotopic (exact) mass is 555 g/mol. The molecule has 4 aromatic heterocycles. The van der Waals surface area contributed by atoms with Gasteiger partial charge < -0.3 is 24.5 Å². The second-order valence-corrected chi connectivity index (χ2v) is 8.18. The molecule has 10 nitrogen and oxygen atoms in total. The Kier molecular flexibility index (Phi) is 16.2. The molecular formula is C30H49N7O3. The molecule has 4 aromatic rings. The Morgan fingerprint density at radius 2 is 1.75 bits per heavy atom. The predicted octanol–water partition coefficient (Wildman–Crippen LogP) is 6.18. The van der Waals surface area contributed by atoms with Crippen molar-refractivity contribution in [3.8, 4) is 28.7 Å². The minimum absolute atomic E-state index is 0.122. The fraction of sp³-hybridized carbons (Fsp3) is 0.533. The number of ether oxygens (including phenoxy) is 2. The van der Waals surface area contributed by atoms with Crippen molar-refractivity contribution in [1.82, 2.24) is 29.1 Å². The lowest BCUT2D eigenvalue weighted by Gasteiger charge is -2.27. The molecule has 222 valence electrons. The molecule has 0 bridgehead atoms. The fourth-order valence-electron chi connectivity index (χ4n) is 3.82. The van der Waals surface area contributed by atoms with Crippen molar-refractivity contribution in [3.05, 3.63) is 42.5 Å². The maximum Gasteiger partial charge on any atom is 0.218 e. The summed E-state index contributed by atoms with van der Waals surface area (Å²) in [5.41, 5.74) is 4.22. The van der Waals surface area contributed by atoms with Crippen LogP contribution in [0.4, 0.5) is 5.82 Å². The van der Waals surface area contributed by atoms with E-state index in [4.69, 9.17) is 19.9 Å². The number of aromatic nitrogens is 6. The molecule has 2 N–H and O–H groups in total. The topological polar surface area (TPSA) is 112 Å². The van der Waals surface area contributed by atoms with Gasteiger partial charge in [-0.05, 0) is 43.4 Å². The van der Waals surface area contributed by atoms with Crippen LogP contribution in [0.1, 0.15) is 66.4 Å². The zero-order valence-electron chi connectivity index (χ0n) is 26.0. The number of anilines is 1. The van der Waals surface area contributed by atoms with Crippen LogP contribution in [0.5, 0.6) is 5.88 Å². The third-order valence-corrected chi connectivity index (χ3v) is 5.90. The smallest absolute Gasteiger partial charge is 0.218 e. The SMILES string of the molecule is CC.CC.CC.COCCO.COc1cc(-c2cn3nc(-c4nccn4C)nc(NC4CCC4)c3c2C)ccn1. The summed E-state index contributed by atoms with van der Waals surface area (Å²) in [6.07, 6.45) is 11.1. The molecule has 4 heterocycles. The molecule has 0 aromatic carbocycles. The third kappa shape index (κ3) is 8.76. The second-order valence-electron chi connectivity index (χ2n) is 8.18. The van der Waals surface area contributed by atoms with Crippen molar-refractivity contribution in [2.24, 2.45) is 7.05 Å². The van der Waals surface area contributed by atoms with Gasteiger partial charge in [0.1, 0.15) is 5.52 Å². The maximum atomic E-state index is 7.94. The number of fused-ring (bicyclic) bond motifs is 1. The van der Waals surface area contributed by atoms with E-state index in [0.717, 1.165) is 33.8 Å². The van der Waals surface area contributed by atoms with Gasteiger partial charge in [0.15, 0.2) is 11.6 Å². The molecule has 1 aliphatic rings. The number of hydrogen-bond donors (Lipinski definition) is 2. The Balaban J connectivity index is 0.000000639. The van der Waals surface area contributed by atoms with Gasteiger partial charge in [0.05, 0.1) is 20.3 Å². The summed E-state index contributed by atoms with van der Waals surface area (Å²) in [4.78, 5) is 13.5. The number of nitrogens with one attached hydrogen (secondary N) is 1. The minimum atomic E-state index is 0.122. The molecule has 1 fully saturated rings. The van der Waals surface area contributed by atoms with Gasteiger partial charge in [-0.15, -0.1) is 5.10 Å². The van der Waals surface area contributed by atoms with Gasteiger partial charge in [-0.25, -0.2) is 19.5 Å². The average Bonchev–Trinajstić information content (AvgIpc) is 3.57. The quantitative estimate of drug-likeness (QED) is 0.278. The standard InChI is InChI=1S/C21H23N7O.C3H8O2.3C2H6/c1-13-16(14-7-8-22-17(11-14)29-3)12-28-18(13)19(24-15-5-4-6-15)25-20(26-28)21-23-9-10-27(21)2;1-5-3-2-4;3*1-2/h7-12,15H,4-6H2,1-3H3,(H,24,25,26);4H,2-3H2,1H3;3*1-2H3. The van der Waals surface area contributed by atoms with Gasteiger partial charge in [0, 0.05) is 56.6 Å². The van der Waals surface area contributed by atoms with Crippen LogP contribution in [0.15, 0.2) is 36.9 Å². The van der Waals surface area contributed by atoms with Gasteiger partial charge in [0.25, 0.3) is 0 Å². The first-order valence-electron chi connectivity index (χ1n) is 14.3. The number of pyridine rings is 1. The third-order valence-electron chi connectivity index (χ3n) is 5.90. The molecule has 0 aliphatic heterocycles. The summed E-state index contributed by atoms with van der Waals surface area (Å²) in [6.45, 7) is 14.7. The number of nitrogens with zero attached hydrogens (tertiary/aromatic N) is 6. The van der Waals surface area contributed by atoms with Crippen LogP contribution in [0.2, 0.25) is 0 Å². The number of imidazole rings is 1. The van der Waals surface area contributed by atoms with E-state index in [2.05, 4.69) is 26.9 Å². The summed E-state index contributed by atoms with van der Waals surface area (Å²) in [7, 11) is 5.13. The van der Waals surface area contributed by atoms with Gasteiger partial charge >= 0.3 is 0 Å². The first kappa shape index (κ1) is 34.5. The Morgan fingerprint density at radius 1 is 1.05 bits per heavy atom. The van der Waals surface area contributed by atoms with Crippen LogP contribution in [-0.4, -0.2) is 67.7 Å². The molecule has 0 atom stereocenters. The normalized spacial score (nSPS) is 11.8. The molecule has 0 amide bonds. The van der Waals surface area contributed by atoms with Crippen molar-refractivity contribution in [1.29, 1.82) is 0 Å². The van der Waals surface area contributed by atoms with E-state index in [-0.39, 0.29) is 6.61 Å². The first-order chi connectivity index (χ1) is 19.5. The highest BCUT2D eigenvalue weighted by Gasteiger charge is 2.23. The second kappa shape index (κ2) is 18.7. The fourth-order valence-corrected chi connectivity index (χ4v) is 3.82. The highest BCUT2D eigenvalue weighted by molar-refractivity contribution is 5.83. The molecule has 0 radical (unpaired) electrons. The lowest BCUT2D eigenvalue weighted by Crippen LogP contribution is -2.28. The molecule has 0 unspecified atom stereocenters. The summed E-state index contributed by atoms with van der Waals surface area (Å²) in [6, 6.07) is 4.38. The van der Waals surface area contributed by atoms with Crippen molar-refractivity contribution in [2.75, 3.05) is 32.8 Å². The largest absolute Gasteiger partial charge is 0.481 e. The van der Waals surface area contributed by atoms with E-state index in [0.29, 0.717) is 24.4 Å². The van der Waals surface area contributed by atoms with Crippen LogP contribution in [0, 0.1) is 6.92 Å². The summed E-state index contributed by atoms with van der Waals surface area (Å²) < 4.78 is 13.6. The summed E-state index contributed by atoms with van der Waals surface area (Å²) in [5.74, 6) is 2.78. The Hall–Kier alpha value is -3.50. The number of aliphatic hydroxyl groups excluding tert-OH is 1. The van der Waals surface area contributed by atoms with Gasteiger partial charge in [-0.3, -0.25) is 0 Å². The van der Waals surface area contributed by atoms with Crippen molar-refractivity contribution in [3.63, 3.8) is 0 Å². The Labute approximate surface area is 239 Å². The molecular weight excluding hydrogens is 506 g/mol. The summed E-state index contributed by atoms with van der Waals surface area (Å²) in [5, 5.41) is 16.3. The molecule has 0 saturated heterocycles. The van der Waals surface area contributed by atoms with E-state index < -0.39 is 0 Å². The van der Waals surface area contributed by atoms with Crippen LogP contribution in [0.3, 0.4) is 0 Å². The lowest BCUT2D eigenvalue weighted by molar-refractivity contribution is 0.135. The Bertz CT molecular complexity index is 1250. The lowest BCUT2D eigenvalue weighted by atomic mass is 9.93. The number of aliphatic hydroxyl groups is 1. The van der Waals surface area contributed by atoms with Crippen LogP contribution in [0.25, 0.3) is 28.3 Å². The minimum Gasteiger partial charge on any atom is -0.481 e. The van der Waals surface area contributed by atoms with Crippen LogP contribution < -0.4 is 10.1 Å². The number of rotatable bonds is 7. The first-order valence-corrected chi connectivity index (χ1v) is 14.3. The number of hydrogen-bond acceptors (Lipinski definition) is 8. The summed E-state index contributed by atoms with van der Waals surface area (Å²) >= 11 is 0. The van der Waals surface area contributed by atoms with E-state index in [1.54, 1.807) is 26.6 Å². The van der Waals surface area contributed by atoms with Crippen LogP contribution in [-0.2, 0) is 11.8 Å². The van der Waals surface area contributed by atoms with E-state index >= 15 is 0 Å². The van der Waals surface area contributed by atoms with Gasteiger partial charge in [-0.2, -0.15) is 0 Å². The maximum absolute atomic E-state index is 7.94. The van der Waals surface area contributed by atoms with Crippen molar-refractivity contribution < 1.29 is 14.6 Å². The highest BCUT2D eigenvalue weighted by Crippen LogP contribution is 2.34. The van der Waals surface area contributed by atoms with Gasteiger partial charge in [0.2, 0.25) is 11.7 Å². The van der Waals surface area contributed by atoms with Crippen molar-refractivity contribution in [2.45, 2.75) is 73.8 Å². The average molecular weight is 556 g/mol. The molecule has 1 aliphatic carbocycles. The molecule has 1 saturated carbocycles. The van der Waals surface area contributed by atoms with E-state index in [1.807, 2.05) is 82.2 Å². The molecule has 5 rings (SSSR count). The number of aryl methyl sites for hydroxylation is 2. The highest BCUT2D eigenvalue weighted by atomic mass is 16.5. The molecule has 10 heteroatoms. The van der Waals surface area contributed by atoms with E-state index in [1.165, 1.54) is 19.3 Å². The predicted molar refractivity (Wildman–Crippen MR) is 164 cm³/mol. The van der Waals surface area contributed by atoms with E-state index in [9.17, 15) is 0 Å². The van der Waals surface area contributed by atoms with Crippen molar-refractivity contribution >= 4 is 11.3 Å². The van der Waals surface area contributed by atoms with Crippen LogP contribution >= 0.6 is 0 Å². The zero-order valence-corrected chi connectivity index (χ0v) is 26.0. The zero-order chi connectivity index (χ0) is 30.1. The number of methoxy groups -OCH3 is 2.